The first-order valence-corrected chi connectivity index (χ1v) is 11.9. The Balaban J connectivity index is 1.77. The van der Waals surface area contributed by atoms with Crippen LogP contribution in [0.1, 0.15) is 80.0 Å². The van der Waals surface area contributed by atoms with Gasteiger partial charge < -0.3 is 5.11 Å². The minimum atomic E-state index is 0.192. The highest BCUT2D eigenvalue weighted by Gasteiger charge is 2.40. The maximum Gasteiger partial charge on any atom is 0.0431 e. The molecule has 0 aromatic heterocycles. The van der Waals surface area contributed by atoms with E-state index in [0.29, 0.717) is 12.5 Å². The van der Waals surface area contributed by atoms with E-state index in [1.807, 2.05) is 11.8 Å². The van der Waals surface area contributed by atoms with Crippen molar-refractivity contribution in [3.63, 3.8) is 0 Å². The van der Waals surface area contributed by atoms with Crippen molar-refractivity contribution in [1.82, 2.24) is 0 Å². The lowest BCUT2D eigenvalue weighted by atomic mass is 9.67. The van der Waals surface area contributed by atoms with E-state index in [4.69, 9.17) is 5.11 Å². The molecule has 0 aliphatic carbocycles. The van der Waals surface area contributed by atoms with Gasteiger partial charge in [-0.05, 0) is 49.8 Å². The summed E-state index contributed by atoms with van der Waals surface area (Å²) in [7, 11) is 0. The van der Waals surface area contributed by atoms with E-state index >= 15 is 0 Å². The fraction of sp³-hybridized carbons (Fsp3) is 0.538. The fourth-order valence-corrected chi connectivity index (χ4v) is 6.06. The van der Waals surface area contributed by atoms with Crippen LogP contribution in [0.3, 0.4) is 0 Å². The summed E-state index contributed by atoms with van der Waals surface area (Å²) < 4.78 is 0. The van der Waals surface area contributed by atoms with Gasteiger partial charge >= 0.3 is 0 Å². The highest BCUT2D eigenvalue weighted by molar-refractivity contribution is 7.99. The summed E-state index contributed by atoms with van der Waals surface area (Å²) in [6.45, 7) is 7.20. The van der Waals surface area contributed by atoms with Crippen LogP contribution in [0.4, 0.5) is 0 Å². The van der Waals surface area contributed by atoms with Crippen LogP contribution < -0.4 is 0 Å². The minimum absolute atomic E-state index is 0.192. The van der Waals surface area contributed by atoms with Gasteiger partial charge in [-0.15, -0.1) is 11.8 Å². The van der Waals surface area contributed by atoms with E-state index < -0.39 is 0 Å². The number of hydrogen-bond acceptors (Lipinski definition) is 2. The van der Waals surface area contributed by atoms with E-state index in [9.17, 15) is 0 Å². The fourth-order valence-electron chi connectivity index (χ4n) is 4.59. The molecule has 0 saturated carbocycles. The first kappa shape index (κ1) is 21.5. The molecule has 0 amide bonds. The van der Waals surface area contributed by atoms with Crippen LogP contribution in [0, 0.1) is 13.8 Å². The zero-order valence-electron chi connectivity index (χ0n) is 17.8. The zero-order chi connectivity index (χ0) is 20.0. The van der Waals surface area contributed by atoms with Crippen LogP contribution in [0.25, 0.3) is 0 Å². The van der Waals surface area contributed by atoms with Crippen molar-refractivity contribution >= 4 is 11.8 Å². The molecule has 0 bridgehead atoms. The molecule has 0 saturated heterocycles. The number of thioether (sulfide) groups is 1. The van der Waals surface area contributed by atoms with Crippen LogP contribution in [0.15, 0.2) is 47.4 Å². The van der Waals surface area contributed by atoms with E-state index in [1.54, 1.807) is 5.56 Å². The predicted octanol–water partition coefficient (Wildman–Crippen LogP) is 7.17. The molecule has 1 nitrogen and oxygen atoms in total. The highest BCUT2D eigenvalue weighted by atomic mass is 32.2. The normalized spacial score (nSPS) is 21.5. The lowest BCUT2D eigenvalue weighted by molar-refractivity contribution is 0.282. The van der Waals surface area contributed by atoms with Gasteiger partial charge in [0.2, 0.25) is 0 Å². The van der Waals surface area contributed by atoms with Crippen molar-refractivity contribution in [2.45, 2.75) is 81.9 Å². The van der Waals surface area contributed by atoms with Crippen molar-refractivity contribution in [3.05, 3.63) is 64.7 Å². The van der Waals surface area contributed by atoms with E-state index in [1.165, 1.54) is 60.1 Å². The third-order valence-electron chi connectivity index (χ3n) is 6.45. The van der Waals surface area contributed by atoms with Crippen LogP contribution in [-0.4, -0.2) is 17.5 Å². The summed E-state index contributed by atoms with van der Waals surface area (Å²) in [6.07, 6.45) is 8.54. The summed E-state index contributed by atoms with van der Waals surface area (Å²) in [5.74, 6) is 1.75. The molecule has 28 heavy (non-hydrogen) atoms. The number of rotatable bonds is 9. The molecule has 1 unspecified atom stereocenters. The Hall–Kier alpha value is -1.25. The lowest BCUT2D eigenvalue weighted by Gasteiger charge is -2.43. The average Bonchev–Trinajstić information content (AvgIpc) is 2.69. The quantitative estimate of drug-likeness (QED) is 0.453. The minimum Gasteiger partial charge on any atom is -0.396 e. The number of unbranched alkanes of at least 4 members (excludes halogenated alkanes) is 5. The summed E-state index contributed by atoms with van der Waals surface area (Å²) in [6, 6.07) is 16.3. The van der Waals surface area contributed by atoms with Crippen molar-refractivity contribution in [1.29, 1.82) is 0 Å². The van der Waals surface area contributed by atoms with Crippen LogP contribution in [0.2, 0.25) is 0 Å². The van der Waals surface area contributed by atoms with Crippen LogP contribution >= 0.6 is 11.8 Å². The van der Waals surface area contributed by atoms with E-state index in [-0.39, 0.29) is 5.41 Å². The van der Waals surface area contributed by atoms with Crippen molar-refractivity contribution in [2.24, 2.45) is 0 Å². The highest BCUT2D eigenvalue weighted by Crippen LogP contribution is 2.52. The molecule has 2 aromatic carbocycles. The SMILES string of the molecule is Cc1ccc([C@@]2(C)CSc3cc(C)ccc3C2CCCCCCCCO)cc1. The molecule has 3 rings (SSSR count). The summed E-state index contributed by atoms with van der Waals surface area (Å²) >= 11 is 2.04. The van der Waals surface area contributed by atoms with Crippen LogP contribution in [0.5, 0.6) is 0 Å². The largest absolute Gasteiger partial charge is 0.396 e. The Labute approximate surface area is 176 Å². The molecule has 1 heterocycles. The standard InChI is InChI=1S/C26H36OS/c1-20-11-14-22(15-12-20)26(3)19-28-25-18-21(2)13-16-23(25)24(26)10-8-6-4-5-7-9-17-27/h11-16,18,24,27H,4-10,17,19H2,1-3H3/t24?,26-/m1/s1. The second-order valence-corrected chi connectivity index (χ2v) is 9.82. The number of aliphatic hydroxyl groups is 1. The molecule has 2 heteroatoms. The molecule has 2 atom stereocenters. The van der Waals surface area contributed by atoms with Gasteiger partial charge in [-0.1, -0.05) is 86.6 Å². The van der Waals surface area contributed by atoms with Gasteiger partial charge in [0.05, 0.1) is 0 Å². The second-order valence-electron chi connectivity index (χ2n) is 8.80. The first-order chi connectivity index (χ1) is 13.5. The number of fused-ring (bicyclic) bond motifs is 1. The predicted molar refractivity (Wildman–Crippen MR) is 123 cm³/mol. The Morgan fingerprint density at radius 2 is 1.54 bits per heavy atom. The molecule has 2 aromatic rings. The topological polar surface area (TPSA) is 20.2 Å². The van der Waals surface area contributed by atoms with Gasteiger partial charge in [-0.25, -0.2) is 0 Å². The first-order valence-electron chi connectivity index (χ1n) is 11.0. The molecule has 152 valence electrons. The third kappa shape index (κ3) is 5.02. The molecule has 1 N–H and O–H groups in total. The molecule has 1 aliphatic heterocycles. The molecular formula is C26H36OS. The van der Waals surface area contributed by atoms with Gasteiger partial charge in [0.25, 0.3) is 0 Å². The van der Waals surface area contributed by atoms with Gasteiger partial charge in [0.15, 0.2) is 0 Å². The Kier molecular flexibility index (Phi) is 7.65. The Morgan fingerprint density at radius 1 is 0.893 bits per heavy atom. The number of hydrogen-bond donors (Lipinski definition) is 1. The van der Waals surface area contributed by atoms with E-state index in [2.05, 4.69) is 63.2 Å². The van der Waals surface area contributed by atoms with Gasteiger partial charge in [0.1, 0.15) is 0 Å². The molecule has 1 aliphatic rings. The molecule has 0 spiro atoms. The molecule has 0 fully saturated rings. The second kappa shape index (κ2) is 9.98. The Morgan fingerprint density at radius 3 is 2.25 bits per heavy atom. The third-order valence-corrected chi connectivity index (χ3v) is 7.86. The number of aryl methyl sites for hydroxylation is 2. The lowest BCUT2D eigenvalue weighted by Crippen LogP contribution is -2.36. The van der Waals surface area contributed by atoms with Crippen molar-refractivity contribution < 1.29 is 5.11 Å². The van der Waals surface area contributed by atoms with E-state index in [0.717, 1.165) is 12.2 Å². The van der Waals surface area contributed by atoms with Crippen molar-refractivity contribution in [2.75, 3.05) is 12.4 Å². The zero-order valence-corrected chi connectivity index (χ0v) is 18.7. The maximum absolute atomic E-state index is 8.93. The number of benzene rings is 2. The smallest absolute Gasteiger partial charge is 0.0431 e. The van der Waals surface area contributed by atoms with Gasteiger partial charge in [-0.3, -0.25) is 0 Å². The maximum atomic E-state index is 8.93. The van der Waals surface area contributed by atoms with Crippen molar-refractivity contribution in [3.8, 4) is 0 Å². The molecular weight excluding hydrogens is 360 g/mol. The van der Waals surface area contributed by atoms with Gasteiger partial charge in [0, 0.05) is 22.7 Å². The van der Waals surface area contributed by atoms with Crippen LogP contribution in [-0.2, 0) is 5.41 Å². The monoisotopic (exact) mass is 396 g/mol. The summed E-state index contributed by atoms with van der Waals surface area (Å²) in [4.78, 5) is 1.50. The Bertz CT molecular complexity index is 752. The average molecular weight is 397 g/mol. The van der Waals surface area contributed by atoms with Gasteiger partial charge in [-0.2, -0.15) is 0 Å². The summed E-state index contributed by atoms with van der Waals surface area (Å²) in [5.41, 5.74) is 5.95. The summed E-state index contributed by atoms with van der Waals surface area (Å²) in [5, 5.41) is 8.93. The number of aliphatic hydroxyl groups excluding tert-OH is 1. The molecule has 0 radical (unpaired) electrons.